The lowest BCUT2D eigenvalue weighted by Gasteiger charge is -2.16. The van der Waals surface area contributed by atoms with E-state index in [1.165, 1.54) is 0 Å². The summed E-state index contributed by atoms with van der Waals surface area (Å²) in [7, 11) is 3.44. The Balaban J connectivity index is 1.72. The molecular formula is C19H22BrN3O3. The van der Waals surface area contributed by atoms with Crippen LogP contribution in [0.4, 0.5) is 5.69 Å². The van der Waals surface area contributed by atoms with Gasteiger partial charge in [-0.05, 0) is 55.6 Å². The monoisotopic (exact) mass is 419 g/mol. The maximum atomic E-state index is 12.1. The first-order chi connectivity index (χ1) is 12.5. The molecule has 138 valence electrons. The smallest absolute Gasteiger partial charge is 0.251 e. The minimum absolute atomic E-state index is 0.121. The van der Waals surface area contributed by atoms with E-state index < -0.39 is 0 Å². The second-order valence-corrected chi connectivity index (χ2v) is 6.66. The van der Waals surface area contributed by atoms with Gasteiger partial charge >= 0.3 is 0 Å². The van der Waals surface area contributed by atoms with Crippen LogP contribution in [-0.4, -0.2) is 50.5 Å². The molecule has 0 fully saturated rings. The SMILES string of the molecule is CNC(=O)c1ccc(NC(=O)CN(C)CCOc2ccc(Br)cc2)cc1. The highest BCUT2D eigenvalue weighted by atomic mass is 79.9. The molecule has 2 amide bonds. The van der Waals surface area contributed by atoms with Gasteiger partial charge in [-0.1, -0.05) is 15.9 Å². The minimum Gasteiger partial charge on any atom is -0.492 e. The highest BCUT2D eigenvalue weighted by Crippen LogP contribution is 2.16. The number of nitrogens with one attached hydrogen (secondary N) is 2. The third kappa shape index (κ3) is 6.50. The Kier molecular flexibility index (Phi) is 7.62. The highest BCUT2D eigenvalue weighted by Gasteiger charge is 2.08. The summed E-state index contributed by atoms with van der Waals surface area (Å²) in [6, 6.07) is 14.4. The molecule has 0 unspecified atom stereocenters. The third-order valence-electron chi connectivity index (χ3n) is 3.63. The molecule has 7 heteroatoms. The Labute approximate surface area is 161 Å². The van der Waals surface area contributed by atoms with Crippen molar-refractivity contribution in [1.29, 1.82) is 0 Å². The summed E-state index contributed by atoms with van der Waals surface area (Å²) in [6.07, 6.45) is 0. The van der Waals surface area contributed by atoms with Crippen LogP contribution in [0.3, 0.4) is 0 Å². The van der Waals surface area contributed by atoms with E-state index >= 15 is 0 Å². The van der Waals surface area contributed by atoms with Gasteiger partial charge in [0.2, 0.25) is 5.91 Å². The predicted molar refractivity (Wildman–Crippen MR) is 106 cm³/mol. The van der Waals surface area contributed by atoms with Crippen LogP contribution in [0.25, 0.3) is 0 Å². The van der Waals surface area contributed by atoms with Crippen LogP contribution in [0.1, 0.15) is 10.4 Å². The first-order valence-corrected chi connectivity index (χ1v) is 8.96. The van der Waals surface area contributed by atoms with Gasteiger partial charge in [-0.25, -0.2) is 0 Å². The van der Waals surface area contributed by atoms with E-state index in [2.05, 4.69) is 26.6 Å². The molecule has 0 aliphatic carbocycles. The molecule has 26 heavy (non-hydrogen) atoms. The molecule has 0 saturated carbocycles. The van der Waals surface area contributed by atoms with Gasteiger partial charge in [0, 0.05) is 29.3 Å². The number of anilines is 1. The number of benzene rings is 2. The lowest BCUT2D eigenvalue weighted by Crippen LogP contribution is -2.33. The summed E-state index contributed by atoms with van der Waals surface area (Å²) >= 11 is 3.38. The van der Waals surface area contributed by atoms with Gasteiger partial charge in [0.05, 0.1) is 6.54 Å². The fourth-order valence-electron chi connectivity index (χ4n) is 2.22. The summed E-state index contributed by atoms with van der Waals surface area (Å²) in [5.74, 6) is 0.513. The zero-order chi connectivity index (χ0) is 18.9. The van der Waals surface area contributed by atoms with E-state index in [9.17, 15) is 9.59 Å². The average Bonchev–Trinajstić information content (AvgIpc) is 2.63. The van der Waals surface area contributed by atoms with E-state index in [4.69, 9.17) is 4.74 Å². The molecule has 2 aromatic rings. The minimum atomic E-state index is -0.159. The molecule has 2 aromatic carbocycles. The molecule has 0 saturated heterocycles. The second-order valence-electron chi connectivity index (χ2n) is 5.74. The number of nitrogens with zero attached hydrogens (tertiary/aromatic N) is 1. The van der Waals surface area contributed by atoms with E-state index in [-0.39, 0.29) is 18.4 Å². The largest absolute Gasteiger partial charge is 0.492 e. The molecule has 0 aliphatic rings. The van der Waals surface area contributed by atoms with Gasteiger partial charge < -0.3 is 15.4 Å². The fraction of sp³-hybridized carbons (Fsp3) is 0.263. The Hall–Kier alpha value is -2.38. The summed E-state index contributed by atoms with van der Waals surface area (Å²) in [4.78, 5) is 25.5. The van der Waals surface area contributed by atoms with Crippen LogP contribution in [0.15, 0.2) is 53.0 Å². The van der Waals surface area contributed by atoms with Gasteiger partial charge in [-0.3, -0.25) is 14.5 Å². The van der Waals surface area contributed by atoms with E-state index in [1.807, 2.05) is 36.2 Å². The van der Waals surface area contributed by atoms with Crippen molar-refractivity contribution < 1.29 is 14.3 Å². The number of hydrogen-bond donors (Lipinski definition) is 2. The van der Waals surface area contributed by atoms with Gasteiger partial charge in [0.1, 0.15) is 12.4 Å². The third-order valence-corrected chi connectivity index (χ3v) is 4.16. The maximum Gasteiger partial charge on any atom is 0.251 e. The van der Waals surface area contributed by atoms with Crippen LogP contribution >= 0.6 is 15.9 Å². The molecule has 0 aliphatic heterocycles. The van der Waals surface area contributed by atoms with Crippen molar-refractivity contribution in [2.24, 2.45) is 0 Å². The quantitative estimate of drug-likeness (QED) is 0.689. The lowest BCUT2D eigenvalue weighted by atomic mass is 10.2. The van der Waals surface area contributed by atoms with Crippen molar-refractivity contribution in [3.05, 3.63) is 58.6 Å². The average molecular weight is 420 g/mol. The Bertz CT molecular complexity index is 733. The number of hydrogen-bond acceptors (Lipinski definition) is 4. The number of ether oxygens (including phenoxy) is 1. The molecule has 0 bridgehead atoms. The highest BCUT2D eigenvalue weighted by molar-refractivity contribution is 9.10. The molecule has 0 heterocycles. The number of halogens is 1. The molecule has 2 rings (SSSR count). The molecule has 2 N–H and O–H groups in total. The van der Waals surface area contributed by atoms with Gasteiger partial charge in [-0.2, -0.15) is 0 Å². The van der Waals surface area contributed by atoms with E-state index in [0.29, 0.717) is 24.4 Å². The topological polar surface area (TPSA) is 70.7 Å². The summed E-state index contributed by atoms with van der Waals surface area (Å²) in [5.41, 5.74) is 1.20. The molecule has 0 atom stereocenters. The van der Waals surface area contributed by atoms with Crippen LogP contribution in [0, 0.1) is 0 Å². The first-order valence-electron chi connectivity index (χ1n) is 8.17. The standard InChI is InChI=1S/C19H22BrN3O3/c1-21-19(25)14-3-7-16(8-4-14)22-18(24)13-23(2)11-12-26-17-9-5-15(20)6-10-17/h3-10H,11-13H2,1-2H3,(H,21,25)(H,22,24). The zero-order valence-electron chi connectivity index (χ0n) is 14.8. The van der Waals surface area contributed by atoms with Gasteiger partial charge in [-0.15, -0.1) is 0 Å². The van der Waals surface area contributed by atoms with Crippen molar-refractivity contribution in [2.75, 3.05) is 39.1 Å². The number of amides is 2. The Morgan fingerprint density at radius 1 is 1.08 bits per heavy atom. The van der Waals surface area contributed by atoms with Crippen LogP contribution in [0.2, 0.25) is 0 Å². The number of likely N-dealkylation sites (N-methyl/N-ethyl adjacent to an activating group) is 1. The lowest BCUT2D eigenvalue weighted by molar-refractivity contribution is -0.117. The summed E-state index contributed by atoms with van der Waals surface area (Å²) in [6.45, 7) is 1.37. The van der Waals surface area contributed by atoms with Crippen LogP contribution < -0.4 is 15.4 Å². The second kappa shape index (κ2) is 9.94. The maximum absolute atomic E-state index is 12.1. The first kappa shape index (κ1) is 19.9. The number of rotatable bonds is 8. The molecule has 6 nitrogen and oxygen atoms in total. The van der Waals surface area contributed by atoms with Crippen molar-refractivity contribution >= 4 is 33.4 Å². The molecule has 0 spiro atoms. The van der Waals surface area contributed by atoms with Gasteiger partial charge in [0.25, 0.3) is 5.91 Å². The number of carbonyl (C=O) groups excluding carboxylic acids is 2. The Morgan fingerprint density at radius 2 is 1.73 bits per heavy atom. The summed E-state index contributed by atoms with van der Waals surface area (Å²) < 4.78 is 6.65. The van der Waals surface area contributed by atoms with Gasteiger partial charge in [0.15, 0.2) is 0 Å². The molecule has 0 aromatic heterocycles. The molecule has 0 radical (unpaired) electrons. The van der Waals surface area contributed by atoms with E-state index in [1.54, 1.807) is 31.3 Å². The fourth-order valence-corrected chi connectivity index (χ4v) is 2.49. The number of carbonyl (C=O) groups is 2. The van der Waals surface area contributed by atoms with Crippen molar-refractivity contribution in [2.45, 2.75) is 0 Å². The van der Waals surface area contributed by atoms with Crippen molar-refractivity contribution in [3.63, 3.8) is 0 Å². The van der Waals surface area contributed by atoms with E-state index in [0.717, 1.165) is 10.2 Å². The zero-order valence-corrected chi connectivity index (χ0v) is 16.4. The van der Waals surface area contributed by atoms with Crippen molar-refractivity contribution in [3.8, 4) is 5.75 Å². The van der Waals surface area contributed by atoms with Crippen LogP contribution in [0.5, 0.6) is 5.75 Å². The van der Waals surface area contributed by atoms with Crippen molar-refractivity contribution in [1.82, 2.24) is 10.2 Å². The van der Waals surface area contributed by atoms with Crippen LogP contribution in [-0.2, 0) is 4.79 Å². The normalized spacial score (nSPS) is 10.5. The predicted octanol–water partition coefficient (Wildman–Crippen LogP) is 2.76. The molecular weight excluding hydrogens is 398 g/mol. The Morgan fingerprint density at radius 3 is 2.35 bits per heavy atom. The summed E-state index contributed by atoms with van der Waals surface area (Å²) in [5, 5.41) is 5.37.